The van der Waals surface area contributed by atoms with E-state index in [9.17, 15) is 17.6 Å². The van der Waals surface area contributed by atoms with E-state index in [1.54, 1.807) is 6.07 Å². The first-order valence-corrected chi connectivity index (χ1v) is 9.70. The number of rotatable bonds is 10. The Kier molecular flexibility index (Phi) is 8.14. The van der Waals surface area contributed by atoms with Gasteiger partial charge in [-0.25, -0.2) is 12.8 Å². The molecule has 0 unspecified atom stereocenters. The van der Waals surface area contributed by atoms with Gasteiger partial charge in [-0.2, -0.15) is 0 Å². The molecule has 0 heterocycles. The molecule has 0 radical (unpaired) electrons. The first-order valence-electron chi connectivity index (χ1n) is 7.85. The van der Waals surface area contributed by atoms with Crippen LogP contribution in [-0.2, 0) is 14.8 Å². The van der Waals surface area contributed by atoms with E-state index in [4.69, 9.17) is 0 Å². The highest BCUT2D eigenvalue weighted by atomic mass is 32.2. The first kappa shape index (κ1) is 20.4. The molecule has 0 aliphatic rings. The number of halogens is 1. The second-order valence-electron chi connectivity index (χ2n) is 5.90. The summed E-state index contributed by atoms with van der Waals surface area (Å²) in [6.07, 6.45) is 2.40. The minimum absolute atomic E-state index is 0.00592. The van der Waals surface area contributed by atoms with Crippen LogP contribution in [0.5, 0.6) is 0 Å². The molecule has 0 saturated heterocycles. The predicted molar refractivity (Wildman–Crippen MR) is 94.0 cm³/mol. The molecule has 8 heteroatoms. The van der Waals surface area contributed by atoms with Crippen molar-refractivity contribution >= 4 is 21.6 Å². The number of hydrogen-bond donors (Lipinski definition) is 1. The molecule has 24 heavy (non-hydrogen) atoms. The molecule has 0 atom stereocenters. The van der Waals surface area contributed by atoms with Gasteiger partial charge in [0.1, 0.15) is 5.82 Å². The van der Waals surface area contributed by atoms with E-state index in [0.29, 0.717) is 13.0 Å². The third kappa shape index (κ3) is 7.27. The highest BCUT2D eigenvalue weighted by Crippen LogP contribution is 2.21. The van der Waals surface area contributed by atoms with Gasteiger partial charge < -0.3 is 10.2 Å². The van der Waals surface area contributed by atoms with Gasteiger partial charge in [-0.05, 0) is 45.6 Å². The SMILES string of the molecule is CN(C)CCCNC(=O)CCCN(c1ccccc1F)S(C)(=O)=O. The lowest BCUT2D eigenvalue weighted by Crippen LogP contribution is -2.33. The summed E-state index contributed by atoms with van der Waals surface area (Å²) in [5, 5.41) is 2.79. The normalized spacial score (nSPS) is 11.5. The van der Waals surface area contributed by atoms with E-state index in [-0.39, 0.29) is 24.6 Å². The molecule has 1 aromatic carbocycles. The standard InChI is InChI=1S/C16H26FN3O3S/c1-19(2)12-7-11-18-16(21)10-6-13-20(24(3,22)23)15-9-5-4-8-14(15)17/h4-5,8-9H,6-7,10-13H2,1-3H3,(H,18,21). The average Bonchev–Trinajstić information content (AvgIpc) is 2.48. The van der Waals surface area contributed by atoms with Crippen molar-refractivity contribution in [1.82, 2.24) is 10.2 Å². The Balaban J connectivity index is 2.50. The predicted octanol–water partition coefficient (Wildman–Crippen LogP) is 1.44. The Morgan fingerprint density at radius 3 is 2.42 bits per heavy atom. The maximum atomic E-state index is 13.8. The minimum atomic E-state index is -3.61. The number of amides is 1. The number of sulfonamides is 1. The highest BCUT2D eigenvalue weighted by Gasteiger charge is 2.20. The maximum Gasteiger partial charge on any atom is 0.232 e. The number of carbonyl (C=O) groups is 1. The van der Waals surface area contributed by atoms with Crippen molar-refractivity contribution in [2.24, 2.45) is 0 Å². The monoisotopic (exact) mass is 359 g/mol. The van der Waals surface area contributed by atoms with Gasteiger partial charge in [0.2, 0.25) is 15.9 Å². The van der Waals surface area contributed by atoms with E-state index >= 15 is 0 Å². The third-order valence-electron chi connectivity index (χ3n) is 3.39. The van der Waals surface area contributed by atoms with Gasteiger partial charge >= 0.3 is 0 Å². The fourth-order valence-electron chi connectivity index (χ4n) is 2.21. The van der Waals surface area contributed by atoms with Gasteiger partial charge in [-0.15, -0.1) is 0 Å². The lowest BCUT2D eigenvalue weighted by atomic mass is 10.2. The molecule has 0 saturated carbocycles. The Morgan fingerprint density at radius 2 is 1.83 bits per heavy atom. The van der Waals surface area contributed by atoms with Crippen LogP contribution in [-0.4, -0.2) is 59.2 Å². The van der Waals surface area contributed by atoms with E-state index in [0.717, 1.165) is 23.5 Å². The first-order chi connectivity index (χ1) is 11.2. The van der Waals surface area contributed by atoms with Crippen LogP contribution in [0.15, 0.2) is 24.3 Å². The lowest BCUT2D eigenvalue weighted by molar-refractivity contribution is -0.121. The fraction of sp³-hybridized carbons (Fsp3) is 0.562. The van der Waals surface area contributed by atoms with Crippen LogP contribution in [0.4, 0.5) is 10.1 Å². The molecule has 1 aromatic rings. The smallest absolute Gasteiger partial charge is 0.232 e. The molecule has 1 N–H and O–H groups in total. The summed E-state index contributed by atoms with van der Waals surface area (Å²) >= 11 is 0. The van der Waals surface area contributed by atoms with E-state index in [1.807, 2.05) is 19.0 Å². The van der Waals surface area contributed by atoms with Crippen molar-refractivity contribution in [3.8, 4) is 0 Å². The molecule has 6 nitrogen and oxygen atoms in total. The van der Waals surface area contributed by atoms with E-state index < -0.39 is 15.8 Å². The number of nitrogens with one attached hydrogen (secondary N) is 1. The number of anilines is 1. The number of para-hydroxylation sites is 1. The summed E-state index contributed by atoms with van der Waals surface area (Å²) in [5.74, 6) is -0.730. The molecular formula is C16H26FN3O3S. The summed E-state index contributed by atoms with van der Waals surface area (Å²) in [6, 6.07) is 5.71. The summed E-state index contributed by atoms with van der Waals surface area (Å²) < 4.78 is 38.6. The summed E-state index contributed by atoms with van der Waals surface area (Å²) in [5.41, 5.74) is 0.00592. The third-order valence-corrected chi connectivity index (χ3v) is 4.57. The molecule has 136 valence electrons. The van der Waals surface area contributed by atoms with Crippen LogP contribution in [0.1, 0.15) is 19.3 Å². The Morgan fingerprint density at radius 1 is 1.17 bits per heavy atom. The van der Waals surface area contributed by atoms with Crippen molar-refractivity contribution in [1.29, 1.82) is 0 Å². The molecule has 1 rings (SSSR count). The van der Waals surface area contributed by atoms with E-state index in [1.165, 1.54) is 18.2 Å². The van der Waals surface area contributed by atoms with Crippen molar-refractivity contribution in [3.05, 3.63) is 30.1 Å². The number of benzene rings is 1. The summed E-state index contributed by atoms with van der Waals surface area (Å²) in [7, 11) is 0.312. The topological polar surface area (TPSA) is 69.7 Å². The zero-order valence-corrected chi connectivity index (χ0v) is 15.3. The molecule has 1 amide bonds. The number of nitrogens with zero attached hydrogens (tertiary/aromatic N) is 2. The average molecular weight is 359 g/mol. The van der Waals surface area contributed by atoms with Crippen LogP contribution >= 0.6 is 0 Å². The molecule has 0 bridgehead atoms. The van der Waals surface area contributed by atoms with Gasteiger partial charge in [0.05, 0.1) is 11.9 Å². The van der Waals surface area contributed by atoms with Crippen molar-refractivity contribution < 1.29 is 17.6 Å². The minimum Gasteiger partial charge on any atom is -0.356 e. The lowest BCUT2D eigenvalue weighted by Gasteiger charge is -2.22. The molecule has 0 aliphatic carbocycles. The largest absolute Gasteiger partial charge is 0.356 e. The van der Waals surface area contributed by atoms with Gasteiger partial charge in [0.15, 0.2) is 0 Å². The van der Waals surface area contributed by atoms with Crippen LogP contribution in [0.25, 0.3) is 0 Å². The molecular weight excluding hydrogens is 333 g/mol. The quantitative estimate of drug-likeness (QED) is 0.642. The molecule has 0 spiro atoms. The van der Waals surface area contributed by atoms with Crippen molar-refractivity contribution in [3.63, 3.8) is 0 Å². The molecule has 0 aromatic heterocycles. The van der Waals surface area contributed by atoms with Crippen LogP contribution in [0, 0.1) is 5.82 Å². The van der Waals surface area contributed by atoms with Crippen molar-refractivity contribution in [2.45, 2.75) is 19.3 Å². The van der Waals surface area contributed by atoms with Gasteiger partial charge in [-0.3, -0.25) is 9.10 Å². The number of hydrogen-bond acceptors (Lipinski definition) is 4. The second-order valence-corrected chi connectivity index (χ2v) is 7.80. The Hall–Kier alpha value is -1.67. The second kappa shape index (κ2) is 9.58. The van der Waals surface area contributed by atoms with Gasteiger partial charge in [0.25, 0.3) is 0 Å². The van der Waals surface area contributed by atoms with Gasteiger partial charge in [0, 0.05) is 19.5 Å². The molecule has 0 fully saturated rings. The fourth-order valence-corrected chi connectivity index (χ4v) is 3.18. The Labute approximate surface area is 143 Å². The van der Waals surface area contributed by atoms with Crippen LogP contribution < -0.4 is 9.62 Å². The maximum absolute atomic E-state index is 13.8. The molecule has 0 aliphatic heterocycles. The summed E-state index contributed by atoms with van der Waals surface area (Å²) in [6.45, 7) is 1.53. The van der Waals surface area contributed by atoms with Crippen molar-refractivity contribution in [2.75, 3.05) is 44.3 Å². The van der Waals surface area contributed by atoms with Crippen LogP contribution in [0.3, 0.4) is 0 Å². The zero-order chi connectivity index (χ0) is 18.2. The van der Waals surface area contributed by atoms with E-state index in [2.05, 4.69) is 5.32 Å². The van der Waals surface area contributed by atoms with Gasteiger partial charge in [-0.1, -0.05) is 12.1 Å². The Bertz CT molecular complexity index is 635. The summed E-state index contributed by atoms with van der Waals surface area (Å²) in [4.78, 5) is 13.8. The van der Waals surface area contributed by atoms with Crippen LogP contribution in [0.2, 0.25) is 0 Å². The zero-order valence-electron chi connectivity index (χ0n) is 14.5. The highest BCUT2D eigenvalue weighted by molar-refractivity contribution is 7.92. The number of carbonyl (C=O) groups excluding carboxylic acids is 1.